The van der Waals surface area contributed by atoms with E-state index in [1.165, 1.54) is 11.8 Å². The summed E-state index contributed by atoms with van der Waals surface area (Å²) in [5, 5.41) is 33.4. The summed E-state index contributed by atoms with van der Waals surface area (Å²) in [6.07, 6.45) is 5.17. The molecule has 5 rings (SSSR count). The van der Waals surface area contributed by atoms with Gasteiger partial charge >= 0.3 is 5.97 Å². The van der Waals surface area contributed by atoms with Gasteiger partial charge in [-0.3, -0.25) is 14.5 Å². The van der Waals surface area contributed by atoms with Crippen LogP contribution >= 0.6 is 23.3 Å². The monoisotopic (exact) mass is 565 g/mol. The predicted octanol–water partition coefficient (Wildman–Crippen LogP) is -0.785. The Labute approximate surface area is 227 Å². The van der Waals surface area contributed by atoms with Crippen molar-refractivity contribution in [2.45, 2.75) is 18.0 Å². The minimum Gasteiger partial charge on any atom is -0.477 e. The van der Waals surface area contributed by atoms with E-state index < -0.39 is 35.8 Å². The number of aromatic nitrogens is 4. The first-order valence-corrected chi connectivity index (χ1v) is 12.9. The van der Waals surface area contributed by atoms with Gasteiger partial charge in [-0.25, -0.2) is 13.8 Å². The molecule has 2 amide bonds. The van der Waals surface area contributed by atoms with E-state index in [9.17, 15) is 19.5 Å². The van der Waals surface area contributed by atoms with Gasteiger partial charge in [0.05, 0.1) is 5.56 Å². The van der Waals surface area contributed by atoms with Crippen LogP contribution in [0.4, 0.5) is 5.13 Å². The molecular weight excluding hydrogens is 548 g/mol. The number of imidazole rings is 1. The highest BCUT2D eigenvalue weighted by Gasteiger charge is 2.54. The summed E-state index contributed by atoms with van der Waals surface area (Å²) >= 11 is 2.13. The number of fused-ring (bicyclic) bond motifs is 2. The number of carboxylic acids is 1. The molecular formula is C22H17N10O5S2+. The van der Waals surface area contributed by atoms with Crippen molar-refractivity contribution in [3.8, 4) is 12.1 Å². The number of oxime groups is 1. The number of amides is 2. The highest BCUT2D eigenvalue weighted by molar-refractivity contribution is 8.00. The Hall–Kier alpha value is -5.00. The first kappa shape index (κ1) is 25.6. The molecule has 17 heteroatoms. The van der Waals surface area contributed by atoms with E-state index in [0.29, 0.717) is 16.9 Å². The van der Waals surface area contributed by atoms with Crippen LogP contribution in [0.2, 0.25) is 0 Å². The molecule has 5 heterocycles. The summed E-state index contributed by atoms with van der Waals surface area (Å²) in [5.41, 5.74) is 6.80. The number of nitrogens with two attached hydrogens (primary N) is 1. The Bertz CT molecular complexity index is 1660. The number of pyridine rings is 1. The summed E-state index contributed by atoms with van der Waals surface area (Å²) in [5.74, 6) is -2.56. The van der Waals surface area contributed by atoms with Crippen LogP contribution in [0.5, 0.6) is 0 Å². The number of carbonyl (C=O) groups is 3. The van der Waals surface area contributed by atoms with Crippen LogP contribution in [-0.4, -0.2) is 71.0 Å². The average Bonchev–Trinajstić information content (AvgIpc) is 3.54. The lowest BCUT2D eigenvalue weighted by Gasteiger charge is -2.49. The van der Waals surface area contributed by atoms with Crippen LogP contribution in [-0.2, 0) is 25.8 Å². The number of β-lactam (4-membered cyclic amide) rings is 1. The lowest BCUT2D eigenvalue weighted by Crippen LogP contribution is -2.71. The van der Waals surface area contributed by atoms with Crippen molar-refractivity contribution in [3.63, 3.8) is 0 Å². The van der Waals surface area contributed by atoms with Gasteiger partial charge in [-0.05, 0) is 6.07 Å². The first-order valence-electron chi connectivity index (χ1n) is 11.1. The van der Waals surface area contributed by atoms with Gasteiger partial charge in [-0.2, -0.15) is 19.9 Å². The summed E-state index contributed by atoms with van der Waals surface area (Å²) in [6.45, 7) is -0.232. The summed E-state index contributed by atoms with van der Waals surface area (Å²) in [4.78, 5) is 48.2. The van der Waals surface area contributed by atoms with Gasteiger partial charge in [0, 0.05) is 28.9 Å². The lowest BCUT2D eigenvalue weighted by atomic mass is 10.0. The molecule has 196 valence electrons. The van der Waals surface area contributed by atoms with Crippen molar-refractivity contribution < 1.29 is 28.9 Å². The largest absolute Gasteiger partial charge is 0.477 e. The molecule has 39 heavy (non-hydrogen) atoms. The molecule has 0 bridgehead atoms. The molecule has 2 atom stereocenters. The Balaban J connectivity index is 1.36. The van der Waals surface area contributed by atoms with Crippen molar-refractivity contribution in [1.82, 2.24) is 24.0 Å². The van der Waals surface area contributed by atoms with Gasteiger partial charge in [0.1, 0.15) is 54.4 Å². The van der Waals surface area contributed by atoms with Gasteiger partial charge in [-0.15, -0.1) is 11.8 Å². The third-order valence-corrected chi connectivity index (χ3v) is 7.72. The number of aliphatic carboxylic acids is 1. The zero-order chi connectivity index (χ0) is 27.7. The fourth-order valence-corrected chi connectivity index (χ4v) is 5.93. The van der Waals surface area contributed by atoms with E-state index in [4.69, 9.17) is 21.1 Å². The predicted molar refractivity (Wildman–Crippen MR) is 134 cm³/mol. The molecule has 0 saturated carbocycles. The number of nitrogens with zero attached hydrogens (tertiary/aromatic N) is 8. The third kappa shape index (κ3) is 4.72. The molecule has 0 spiro atoms. The maximum atomic E-state index is 13.1. The maximum Gasteiger partial charge on any atom is 0.352 e. The second-order valence-electron chi connectivity index (χ2n) is 8.17. The number of anilines is 1. The van der Waals surface area contributed by atoms with Gasteiger partial charge < -0.3 is 21.0 Å². The van der Waals surface area contributed by atoms with Crippen LogP contribution in [0.25, 0.3) is 5.65 Å². The highest BCUT2D eigenvalue weighted by atomic mass is 32.2. The highest BCUT2D eigenvalue weighted by Crippen LogP contribution is 2.40. The minimum absolute atomic E-state index is 0.0719. The number of carboxylic acid groups (broad SMARTS) is 1. The van der Waals surface area contributed by atoms with E-state index in [0.717, 1.165) is 22.1 Å². The quantitative estimate of drug-likeness (QED) is 0.101. The molecule has 0 aromatic carbocycles. The average molecular weight is 566 g/mol. The van der Waals surface area contributed by atoms with Crippen molar-refractivity contribution in [2.24, 2.45) is 5.16 Å². The second kappa shape index (κ2) is 10.4. The molecule has 0 radical (unpaired) electrons. The van der Waals surface area contributed by atoms with E-state index in [-0.39, 0.29) is 28.9 Å². The molecule has 15 nitrogen and oxygen atoms in total. The summed E-state index contributed by atoms with van der Waals surface area (Å²) in [7, 11) is 0. The van der Waals surface area contributed by atoms with E-state index >= 15 is 0 Å². The zero-order valence-electron chi connectivity index (χ0n) is 19.7. The van der Waals surface area contributed by atoms with Crippen molar-refractivity contribution in [2.75, 3.05) is 18.1 Å². The van der Waals surface area contributed by atoms with Gasteiger partial charge in [0.15, 0.2) is 5.13 Å². The Kier molecular flexibility index (Phi) is 6.84. The fraction of sp³-hybridized carbons (Fsp3) is 0.227. The van der Waals surface area contributed by atoms with E-state index in [1.54, 1.807) is 41.2 Å². The molecule has 1 fully saturated rings. The topological polar surface area (TPSA) is 216 Å². The van der Waals surface area contributed by atoms with Gasteiger partial charge in [0.25, 0.3) is 17.5 Å². The third-order valence-electron chi connectivity index (χ3n) is 5.84. The number of thioether (sulfide) groups is 1. The van der Waals surface area contributed by atoms with Gasteiger partial charge in [0.2, 0.25) is 18.1 Å². The van der Waals surface area contributed by atoms with Crippen LogP contribution in [0.1, 0.15) is 11.4 Å². The first-order chi connectivity index (χ1) is 18.8. The number of hydrogen-bond acceptors (Lipinski definition) is 12. The number of nitrogen functional groups attached to an aromatic ring is 1. The lowest BCUT2D eigenvalue weighted by molar-refractivity contribution is -0.662. The molecule has 4 N–H and O–H groups in total. The zero-order valence-corrected chi connectivity index (χ0v) is 21.3. The molecule has 2 aliphatic rings. The Morgan fingerprint density at radius 1 is 1.38 bits per heavy atom. The fourth-order valence-electron chi connectivity index (χ4n) is 4.16. The molecule has 2 aliphatic heterocycles. The Morgan fingerprint density at radius 2 is 2.21 bits per heavy atom. The molecule has 3 aromatic heterocycles. The van der Waals surface area contributed by atoms with Crippen LogP contribution in [0, 0.1) is 22.7 Å². The number of nitrogens with one attached hydrogen (secondary N) is 1. The van der Waals surface area contributed by atoms with Crippen molar-refractivity contribution in [3.05, 3.63) is 53.4 Å². The van der Waals surface area contributed by atoms with Gasteiger partial charge in [-0.1, -0.05) is 5.16 Å². The van der Waals surface area contributed by atoms with E-state index in [2.05, 4.69) is 25.9 Å². The number of hydrogen-bond donors (Lipinski definition) is 3. The SMILES string of the molecule is N#CCO/N=C(\C(=O)N[C@@H]1C(=O)N2C(C(=O)O)=C(C[n+]3ccn4cc(C#N)ccc43)CS[C@H]12)c1nsc(N)n1. The van der Waals surface area contributed by atoms with Crippen molar-refractivity contribution >= 4 is 57.6 Å². The number of carbonyl (C=O) groups excluding carboxylic acids is 2. The number of nitriles is 2. The van der Waals surface area contributed by atoms with Crippen LogP contribution in [0.3, 0.4) is 0 Å². The van der Waals surface area contributed by atoms with Crippen LogP contribution < -0.4 is 15.6 Å². The Morgan fingerprint density at radius 3 is 2.90 bits per heavy atom. The smallest absolute Gasteiger partial charge is 0.352 e. The summed E-state index contributed by atoms with van der Waals surface area (Å²) in [6, 6.07) is 6.16. The molecule has 0 aliphatic carbocycles. The normalized spacial score (nSPS) is 18.7. The summed E-state index contributed by atoms with van der Waals surface area (Å²) < 4.78 is 7.50. The standard InChI is InChI=1S/C22H16N10O5S2/c23-3-6-37-28-14(17-27-22(25)39-29-17)18(33)26-15-19(34)32-16(21(35)36)12(10-38-20(15)32)9-31-5-4-30-8-11(7-24)1-2-13(30)31/h1-2,4-5,8,15,20H,6,9-10H2,(H3-,25,26,27,29,33,35,36)/p+1/b28-14-/t15-,20-/m1/s1. The molecule has 0 unspecified atom stereocenters. The second-order valence-corrected chi connectivity index (χ2v) is 10.1. The maximum absolute atomic E-state index is 13.1. The molecule has 1 saturated heterocycles. The van der Waals surface area contributed by atoms with E-state index in [1.807, 2.05) is 4.57 Å². The van der Waals surface area contributed by atoms with Crippen molar-refractivity contribution in [1.29, 1.82) is 10.5 Å². The molecule has 3 aromatic rings. The minimum atomic E-state index is -1.27. The van der Waals surface area contributed by atoms with Crippen LogP contribution in [0.15, 0.2) is 47.1 Å². The number of rotatable bonds is 8.